The maximum atomic E-state index is 13.9. The predicted octanol–water partition coefficient (Wildman–Crippen LogP) is 3.77. The van der Waals surface area contributed by atoms with Crippen LogP contribution in [0.4, 0.5) is 8.78 Å². The van der Waals surface area contributed by atoms with Gasteiger partial charge < -0.3 is 9.47 Å². The summed E-state index contributed by atoms with van der Waals surface area (Å²) in [6.45, 7) is -0.736. The molecule has 0 bridgehead atoms. The van der Waals surface area contributed by atoms with E-state index in [0.717, 1.165) is 11.6 Å². The van der Waals surface area contributed by atoms with Gasteiger partial charge in [-0.3, -0.25) is 18.2 Å². The standard InChI is InChI=1S/C26H23F2N5O6S/c1-3-37-26-29-14-17-13-21(16-4-9-22-18(12-16)15-32(31-22)10-11-38-40(2,35)36)24(34)33(23(17)30-26)19-5-7-20(8-6-19)39-25(27)28/h4-9,12-15,25H,3,10-11H2,1-2H3. The fourth-order valence-electron chi connectivity index (χ4n) is 4.14. The van der Waals surface area contributed by atoms with Crippen LogP contribution in [0.15, 0.2) is 65.7 Å². The van der Waals surface area contributed by atoms with Crippen molar-refractivity contribution in [2.45, 2.75) is 20.1 Å². The van der Waals surface area contributed by atoms with Crippen molar-refractivity contribution in [2.24, 2.45) is 0 Å². The molecule has 0 saturated carbocycles. The van der Waals surface area contributed by atoms with Gasteiger partial charge in [0, 0.05) is 28.7 Å². The zero-order valence-electron chi connectivity index (χ0n) is 21.3. The van der Waals surface area contributed by atoms with Gasteiger partial charge in [-0.05, 0) is 55.0 Å². The van der Waals surface area contributed by atoms with Crippen LogP contribution >= 0.6 is 0 Å². The second-order valence-corrected chi connectivity index (χ2v) is 10.3. The van der Waals surface area contributed by atoms with E-state index in [0.29, 0.717) is 34.3 Å². The number of hydrogen-bond donors (Lipinski definition) is 0. The Hall–Kier alpha value is -4.43. The highest BCUT2D eigenvalue weighted by molar-refractivity contribution is 7.85. The topological polar surface area (TPSA) is 127 Å². The number of nitrogens with zero attached hydrogens (tertiary/aromatic N) is 5. The number of rotatable bonds is 10. The Morgan fingerprint density at radius 2 is 1.82 bits per heavy atom. The zero-order chi connectivity index (χ0) is 28.4. The first-order chi connectivity index (χ1) is 19.1. The number of alkyl halides is 2. The average molecular weight is 572 g/mol. The summed E-state index contributed by atoms with van der Waals surface area (Å²) in [7, 11) is -3.57. The normalized spacial score (nSPS) is 11.9. The minimum Gasteiger partial charge on any atom is -0.464 e. The molecule has 0 saturated heterocycles. The van der Waals surface area contributed by atoms with Gasteiger partial charge in [-0.2, -0.15) is 27.3 Å². The van der Waals surface area contributed by atoms with Crippen molar-refractivity contribution < 1.29 is 30.9 Å². The van der Waals surface area contributed by atoms with E-state index < -0.39 is 22.3 Å². The third-order valence-corrected chi connectivity index (χ3v) is 6.39. The lowest BCUT2D eigenvalue weighted by Gasteiger charge is -2.14. The van der Waals surface area contributed by atoms with Gasteiger partial charge in [-0.25, -0.2) is 4.98 Å². The molecular formula is C26H23F2N5O6S. The van der Waals surface area contributed by atoms with Gasteiger partial charge in [-0.1, -0.05) is 6.07 Å². The number of hydrogen-bond acceptors (Lipinski definition) is 9. The number of fused-ring (bicyclic) bond motifs is 2. The van der Waals surface area contributed by atoms with Crippen LogP contribution < -0.4 is 15.0 Å². The van der Waals surface area contributed by atoms with E-state index in [1.54, 1.807) is 48.3 Å². The summed E-state index contributed by atoms with van der Waals surface area (Å²) in [5.41, 5.74) is 1.80. The van der Waals surface area contributed by atoms with Crippen LogP contribution in [-0.2, 0) is 20.8 Å². The van der Waals surface area contributed by atoms with Crippen molar-refractivity contribution >= 4 is 32.1 Å². The number of pyridine rings is 1. The number of halogens is 2. The molecule has 0 spiro atoms. The third kappa shape index (κ3) is 5.92. The van der Waals surface area contributed by atoms with Gasteiger partial charge in [0.25, 0.3) is 15.7 Å². The highest BCUT2D eigenvalue weighted by atomic mass is 32.2. The van der Waals surface area contributed by atoms with Crippen LogP contribution in [0.1, 0.15) is 6.92 Å². The average Bonchev–Trinajstić information content (AvgIpc) is 3.30. The lowest BCUT2D eigenvalue weighted by molar-refractivity contribution is -0.0498. The van der Waals surface area contributed by atoms with Crippen LogP contribution in [0, 0.1) is 0 Å². The second kappa shape index (κ2) is 11.0. The lowest BCUT2D eigenvalue weighted by Crippen LogP contribution is -2.21. The molecule has 208 valence electrons. The molecule has 0 aliphatic carbocycles. The Labute approximate surface area is 226 Å². The summed E-state index contributed by atoms with van der Waals surface area (Å²) >= 11 is 0. The summed E-state index contributed by atoms with van der Waals surface area (Å²) < 4.78 is 65.3. The summed E-state index contributed by atoms with van der Waals surface area (Å²) in [5.74, 6) is -0.0544. The van der Waals surface area contributed by atoms with Crippen LogP contribution in [0.2, 0.25) is 0 Å². The van der Waals surface area contributed by atoms with Gasteiger partial charge >= 0.3 is 12.6 Å². The van der Waals surface area contributed by atoms with Gasteiger partial charge in [0.05, 0.1) is 37.2 Å². The summed E-state index contributed by atoms with van der Waals surface area (Å²) in [6.07, 6.45) is 4.24. The number of ether oxygens (including phenoxy) is 2. The van der Waals surface area contributed by atoms with Gasteiger partial charge in [0.15, 0.2) is 5.65 Å². The molecule has 14 heteroatoms. The quantitative estimate of drug-likeness (QED) is 0.230. The summed E-state index contributed by atoms with van der Waals surface area (Å²) in [5, 5.41) is 5.68. The Balaban J connectivity index is 1.60. The first-order valence-electron chi connectivity index (χ1n) is 12.0. The monoisotopic (exact) mass is 571 g/mol. The van der Waals surface area contributed by atoms with Gasteiger partial charge in [-0.15, -0.1) is 0 Å². The molecule has 0 aliphatic rings. The second-order valence-electron chi connectivity index (χ2n) is 8.63. The predicted molar refractivity (Wildman–Crippen MR) is 142 cm³/mol. The summed E-state index contributed by atoms with van der Waals surface area (Å²) in [6, 6.07) is 12.7. The molecule has 0 unspecified atom stereocenters. The molecule has 0 fully saturated rings. The number of benzene rings is 2. The highest BCUT2D eigenvalue weighted by Gasteiger charge is 2.17. The van der Waals surface area contributed by atoms with Crippen molar-refractivity contribution in [3.8, 4) is 28.6 Å². The molecule has 5 aromatic rings. The fraction of sp³-hybridized carbons (Fsp3) is 0.231. The first-order valence-corrected chi connectivity index (χ1v) is 13.9. The van der Waals surface area contributed by atoms with Crippen LogP contribution in [0.5, 0.6) is 11.8 Å². The molecule has 11 nitrogen and oxygen atoms in total. The SMILES string of the molecule is CCOc1ncc2cc(-c3ccc4nn(CCOS(C)(=O)=O)cc4c3)c(=O)n(-c3ccc(OC(F)F)cc3)c2n1. The van der Waals surface area contributed by atoms with Crippen LogP contribution in [0.25, 0.3) is 38.8 Å². The first kappa shape index (κ1) is 27.1. The number of aromatic nitrogens is 5. The largest absolute Gasteiger partial charge is 0.464 e. The van der Waals surface area contributed by atoms with E-state index >= 15 is 0 Å². The van der Waals surface area contributed by atoms with E-state index in [9.17, 15) is 22.0 Å². The fourth-order valence-corrected chi connectivity index (χ4v) is 4.52. The maximum absolute atomic E-state index is 13.9. The highest BCUT2D eigenvalue weighted by Crippen LogP contribution is 2.27. The van der Waals surface area contributed by atoms with Crippen molar-refractivity contribution in [1.29, 1.82) is 0 Å². The van der Waals surface area contributed by atoms with E-state index in [-0.39, 0.29) is 30.6 Å². The van der Waals surface area contributed by atoms with Crippen LogP contribution in [-0.4, -0.2) is 58.8 Å². The maximum Gasteiger partial charge on any atom is 0.387 e. The molecule has 0 N–H and O–H groups in total. The molecule has 0 atom stereocenters. The minimum atomic E-state index is -3.57. The van der Waals surface area contributed by atoms with Gasteiger partial charge in [0.1, 0.15) is 5.75 Å². The van der Waals surface area contributed by atoms with Crippen LogP contribution in [0.3, 0.4) is 0 Å². The van der Waals surface area contributed by atoms with Gasteiger partial charge in [0.2, 0.25) is 0 Å². The van der Waals surface area contributed by atoms with Crippen molar-refractivity contribution in [2.75, 3.05) is 19.5 Å². The summed E-state index contributed by atoms with van der Waals surface area (Å²) in [4.78, 5) is 22.5. The minimum absolute atomic E-state index is 0.0544. The molecule has 2 aromatic carbocycles. The Bertz CT molecular complexity index is 1860. The Morgan fingerprint density at radius 1 is 1.05 bits per heavy atom. The van der Waals surface area contributed by atoms with Crippen molar-refractivity contribution in [3.05, 3.63) is 71.3 Å². The molecule has 0 radical (unpaired) electrons. The Kier molecular flexibility index (Phi) is 7.45. The smallest absolute Gasteiger partial charge is 0.387 e. The molecule has 0 aliphatic heterocycles. The van der Waals surface area contributed by atoms with E-state index in [4.69, 9.17) is 8.92 Å². The van der Waals surface area contributed by atoms with Crippen molar-refractivity contribution in [1.82, 2.24) is 24.3 Å². The molecule has 3 heterocycles. The van der Waals surface area contributed by atoms with Crippen molar-refractivity contribution in [3.63, 3.8) is 0 Å². The lowest BCUT2D eigenvalue weighted by atomic mass is 10.0. The Morgan fingerprint density at radius 3 is 2.52 bits per heavy atom. The van der Waals surface area contributed by atoms with E-state index in [1.165, 1.54) is 28.8 Å². The van der Waals surface area contributed by atoms with E-state index in [1.807, 2.05) is 0 Å². The van der Waals surface area contributed by atoms with E-state index in [2.05, 4.69) is 19.8 Å². The molecule has 40 heavy (non-hydrogen) atoms. The molecular weight excluding hydrogens is 548 g/mol. The molecule has 5 rings (SSSR count). The molecule has 3 aromatic heterocycles. The zero-order valence-corrected chi connectivity index (χ0v) is 22.1. The third-order valence-electron chi connectivity index (χ3n) is 5.79. The molecule has 0 amide bonds.